The van der Waals surface area contributed by atoms with Gasteiger partial charge in [0, 0.05) is 18.3 Å². The van der Waals surface area contributed by atoms with Crippen LogP contribution in [0.3, 0.4) is 0 Å². The van der Waals surface area contributed by atoms with Crippen LogP contribution < -0.4 is 0 Å². The summed E-state index contributed by atoms with van der Waals surface area (Å²) in [5, 5.41) is 0. The fraction of sp³-hybridized carbons (Fsp3) is 0.933. The zero-order valence-electron chi connectivity index (χ0n) is 11.6. The molecule has 4 rings (SSSR count). The Morgan fingerprint density at radius 1 is 1.16 bits per heavy atom. The van der Waals surface area contributed by atoms with Gasteiger partial charge >= 0.3 is 5.97 Å². The molecule has 4 saturated heterocycles. The molecule has 4 aliphatic heterocycles. The monoisotopic (exact) mass is 266 g/mol. The second-order valence-corrected chi connectivity index (χ2v) is 6.53. The van der Waals surface area contributed by atoms with Gasteiger partial charge in [-0.3, -0.25) is 4.79 Å². The average Bonchev–Trinajstić information content (AvgIpc) is 3.12. The van der Waals surface area contributed by atoms with E-state index in [9.17, 15) is 4.79 Å². The second-order valence-electron chi connectivity index (χ2n) is 6.53. The average molecular weight is 266 g/mol. The van der Waals surface area contributed by atoms with Crippen molar-refractivity contribution >= 4 is 5.97 Å². The van der Waals surface area contributed by atoms with Gasteiger partial charge in [-0.15, -0.1) is 0 Å². The number of cyclic esters (lactones) is 1. The van der Waals surface area contributed by atoms with Crippen LogP contribution >= 0.6 is 0 Å². The molecule has 106 valence electrons. The van der Waals surface area contributed by atoms with Gasteiger partial charge in [0.1, 0.15) is 5.41 Å². The van der Waals surface area contributed by atoms with Crippen molar-refractivity contribution in [2.45, 2.75) is 63.9 Å². The van der Waals surface area contributed by atoms with Gasteiger partial charge in [-0.25, -0.2) is 0 Å². The highest BCUT2D eigenvalue weighted by atomic mass is 16.6. The summed E-state index contributed by atoms with van der Waals surface area (Å²) in [4.78, 5) is 12.2. The number of ether oxygens (including phenoxy) is 3. The molecule has 7 unspecified atom stereocenters. The Hall–Kier alpha value is -0.610. The van der Waals surface area contributed by atoms with Gasteiger partial charge in [0.25, 0.3) is 0 Å². The summed E-state index contributed by atoms with van der Waals surface area (Å²) in [5.41, 5.74) is -0.342. The lowest BCUT2D eigenvalue weighted by Gasteiger charge is -2.35. The van der Waals surface area contributed by atoms with E-state index in [0.717, 1.165) is 25.7 Å². The van der Waals surface area contributed by atoms with Gasteiger partial charge in [0.2, 0.25) is 0 Å². The lowest BCUT2D eigenvalue weighted by molar-refractivity contribution is -0.150. The third-order valence-corrected chi connectivity index (χ3v) is 5.86. The summed E-state index contributed by atoms with van der Waals surface area (Å²) in [6.07, 6.45) is 4.57. The second kappa shape index (κ2) is 3.95. The molecule has 4 aliphatic rings. The summed E-state index contributed by atoms with van der Waals surface area (Å²) in [7, 11) is 0. The normalized spacial score (nSPS) is 54.9. The molecule has 4 heteroatoms. The first-order valence-electron chi connectivity index (χ1n) is 7.69. The van der Waals surface area contributed by atoms with E-state index in [-0.39, 0.29) is 29.7 Å². The first kappa shape index (κ1) is 12.2. The third-order valence-electron chi connectivity index (χ3n) is 5.86. The summed E-state index contributed by atoms with van der Waals surface area (Å²) in [6.45, 7) is 4.93. The minimum absolute atomic E-state index is 0.0201. The number of carbonyl (C=O) groups is 1. The Bertz CT molecular complexity index is 409. The minimum Gasteiger partial charge on any atom is -0.465 e. The molecular weight excluding hydrogens is 244 g/mol. The first-order chi connectivity index (χ1) is 9.21. The van der Waals surface area contributed by atoms with E-state index in [0.29, 0.717) is 24.5 Å². The summed E-state index contributed by atoms with van der Waals surface area (Å²) in [5.74, 6) is 0.881. The molecule has 4 fully saturated rings. The highest BCUT2D eigenvalue weighted by molar-refractivity contribution is 5.80. The van der Waals surface area contributed by atoms with E-state index in [1.165, 1.54) is 0 Å². The van der Waals surface area contributed by atoms with Gasteiger partial charge in [-0.2, -0.15) is 0 Å². The van der Waals surface area contributed by atoms with Crippen LogP contribution in [0.2, 0.25) is 0 Å². The number of carbonyl (C=O) groups excluding carboxylic acids is 1. The standard InChI is InChI=1S/C15H22O4/c1-3-8-11-10-7-15(5-6-17-14(15)16)13(19-10)12(11)9(4-2)18-8/h8-13H,3-7H2,1-2H3. The highest BCUT2D eigenvalue weighted by Gasteiger charge is 2.71. The summed E-state index contributed by atoms with van der Waals surface area (Å²) >= 11 is 0. The van der Waals surface area contributed by atoms with Crippen LogP contribution in [0.5, 0.6) is 0 Å². The Morgan fingerprint density at radius 3 is 2.53 bits per heavy atom. The summed E-state index contributed by atoms with van der Waals surface area (Å²) < 4.78 is 17.7. The zero-order valence-corrected chi connectivity index (χ0v) is 11.6. The van der Waals surface area contributed by atoms with Crippen LogP contribution in [0.15, 0.2) is 0 Å². The van der Waals surface area contributed by atoms with Crippen molar-refractivity contribution in [3.05, 3.63) is 0 Å². The molecule has 0 aromatic carbocycles. The molecule has 7 atom stereocenters. The topological polar surface area (TPSA) is 44.8 Å². The zero-order chi connectivity index (χ0) is 13.2. The Kier molecular flexibility index (Phi) is 2.53. The molecule has 4 nitrogen and oxygen atoms in total. The van der Waals surface area contributed by atoms with Crippen LogP contribution in [-0.2, 0) is 19.0 Å². The van der Waals surface area contributed by atoms with Crippen molar-refractivity contribution in [1.82, 2.24) is 0 Å². The largest absolute Gasteiger partial charge is 0.465 e. The van der Waals surface area contributed by atoms with E-state index < -0.39 is 0 Å². The number of rotatable bonds is 2. The van der Waals surface area contributed by atoms with Crippen molar-refractivity contribution in [3.8, 4) is 0 Å². The van der Waals surface area contributed by atoms with Gasteiger partial charge < -0.3 is 14.2 Å². The molecule has 2 bridgehead atoms. The van der Waals surface area contributed by atoms with Crippen molar-refractivity contribution in [2.24, 2.45) is 17.3 Å². The molecule has 1 spiro atoms. The Balaban J connectivity index is 1.69. The van der Waals surface area contributed by atoms with E-state index in [4.69, 9.17) is 14.2 Å². The first-order valence-corrected chi connectivity index (χ1v) is 7.69. The van der Waals surface area contributed by atoms with Gasteiger partial charge in [-0.1, -0.05) is 13.8 Å². The highest BCUT2D eigenvalue weighted by Crippen LogP contribution is 2.62. The van der Waals surface area contributed by atoms with Crippen LogP contribution in [0.1, 0.15) is 39.5 Å². The summed E-state index contributed by atoms with van der Waals surface area (Å²) in [6, 6.07) is 0. The maximum atomic E-state index is 12.2. The number of fused-ring (bicyclic) bond motifs is 6. The van der Waals surface area contributed by atoms with Gasteiger partial charge in [-0.05, 0) is 19.3 Å². The van der Waals surface area contributed by atoms with E-state index in [2.05, 4.69) is 13.8 Å². The Morgan fingerprint density at radius 2 is 1.89 bits per heavy atom. The van der Waals surface area contributed by atoms with Gasteiger partial charge in [0.05, 0.1) is 31.0 Å². The van der Waals surface area contributed by atoms with Crippen LogP contribution in [0, 0.1) is 17.3 Å². The lowest BCUT2D eigenvalue weighted by atomic mass is 9.62. The smallest absolute Gasteiger partial charge is 0.314 e. The third kappa shape index (κ3) is 1.34. The molecule has 0 N–H and O–H groups in total. The molecule has 4 heterocycles. The molecule has 0 aromatic rings. The Labute approximate surface area is 113 Å². The minimum atomic E-state index is -0.342. The molecule has 19 heavy (non-hydrogen) atoms. The van der Waals surface area contributed by atoms with Crippen molar-refractivity contribution < 1.29 is 19.0 Å². The van der Waals surface area contributed by atoms with Crippen LogP contribution in [0.4, 0.5) is 0 Å². The maximum Gasteiger partial charge on any atom is 0.314 e. The molecule has 0 aliphatic carbocycles. The van der Waals surface area contributed by atoms with Crippen molar-refractivity contribution in [2.75, 3.05) is 6.61 Å². The molecule has 0 aromatic heterocycles. The van der Waals surface area contributed by atoms with E-state index >= 15 is 0 Å². The van der Waals surface area contributed by atoms with Crippen LogP contribution in [-0.4, -0.2) is 37.0 Å². The predicted molar refractivity (Wildman–Crippen MR) is 67.5 cm³/mol. The molecule has 0 amide bonds. The molecular formula is C15H22O4. The van der Waals surface area contributed by atoms with E-state index in [1.807, 2.05) is 0 Å². The molecule has 0 radical (unpaired) electrons. The van der Waals surface area contributed by atoms with Crippen molar-refractivity contribution in [3.63, 3.8) is 0 Å². The fourth-order valence-electron chi connectivity index (χ4n) is 5.07. The van der Waals surface area contributed by atoms with Gasteiger partial charge in [0.15, 0.2) is 0 Å². The molecule has 0 saturated carbocycles. The van der Waals surface area contributed by atoms with E-state index in [1.54, 1.807) is 0 Å². The number of esters is 1. The van der Waals surface area contributed by atoms with Crippen molar-refractivity contribution in [1.29, 1.82) is 0 Å². The quantitative estimate of drug-likeness (QED) is 0.716. The number of hydrogen-bond donors (Lipinski definition) is 0. The lowest BCUT2D eigenvalue weighted by Crippen LogP contribution is -2.47. The number of hydrogen-bond acceptors (Lipinski definition) is 4. The SMILES string of the molecule is CCC1OC(CC)C2C1C1CC3(CCOC3=O)C2O1. The van der Waals surface area contributed by atoms with Crippen LogP contribution in [0.25, 0.3) is 0 Å². The maximum absolute atomic E-state index is 12.2. The predicted octanol–water partition coefficient (Wildman–Crippen LogP) is 1.91. The fourth-order valence-corrected chi connectivity index (χ4v) is 5.07.